The molecule has 22 heavy (non-hydrogen) atoms. The minimum absolute atomic E-state index is 0.0730. The fraction of sp³-hybridized carbons (Fsp3) is 0.333. The summed E-state index contributed by atoms with van der Waals surface area (Å²) in [7, 11) is 0. The number of aryl methyl sites for hydroxylation is 2. The van der Waals surface area contributed by atoms with E-state index in [-0.39, 0.29) is 18.2 Å². The first kappa shape index (κ1) is 16.2. The number of nitrogens with two attached hydrogens (primary N) is 1. The molecular weight excluding hydrogens is 293 g/mol. The Kier molecular flexibility index (Phi) is 4.65. The van der Waals surface area contributed by atoms with E-state index in [9.17, 15) is 13.2 Å². The van der Waals surface area contributed by atoms with Crippen LogP contribution in [0.2, 0.25) is 0 Å². The summed E-state index contributed by atoms with van der Waals surface area (Å²) in [6.45, 7) is 4.28. The topological polar surface area (TPSA) is 63.8 Å². The van der Waals surface area contributed by atoms with E-state index in [1.807, 2.05) is 32.0 Å². The molecule has 3 N–H and O–H groups in total. The fourth-order valence-electron chi connectivity index (χ4n) is 2.01. The van der Waals surface area contributed by atoms with Crippen LogP contribution in [0.3, 0.4) is 0 Å². The Labute approximate surface area is 126 Å². The molecule has 0 radical (unpaired) electrons. The van der Waals surface area contributed by atoms with Gasteiger partial charge in [-0.25, -0.2) is 9.97 Å². The van der Waals surface area contributed by atoms with Gasteiger partial charge in [-0.1, -0.05) is 17.7 Å². The minimum atomic E-state index is -4.53. The van der Waals surface area contributed by atoms with Gasteiger partial charge in [-0.05, 0) is 31.5 Å². The number of aromatic nitrogens is 2. The van der Waals surface area contributed by atoms with Gasteiger partial charge in [0.2, 0.25) is 5.95 Å². The van der Waals surface area contributed by atoms with Gasteiger partial charge in [0.25, 0.3) is 0 Å². The zero-order valence-electron chi connectivity index (χ0n) is 12.3. The average molecular weight is 310 g/mol. The molecule has 1 aromatic carbocycles. The SMILES string of the molecule is Cc1ccc(C)c(-c2cc(C(F)(F)F)nc(NCCN)n2)c1. The third kappa shape index (κ3) is 3.73. The highest BCUT2D eigenvalue weighted by Gasteiger charge is 2.34. The molecule has 4 nitrogen and oxygen atoms in total. The van der Waals surface area contributed by atoms with Crippen molar-refractivity contribution in [3.8, 4) is 11.3 Å². The van der Waals surface area contributed by atoms with E-state index in [2.05, 4.69) is 15.3 Å². The fourth-order valence-corrected chi connectivity index (χ4v) is 2.01. The summed E-state index contributed by atoms with van der Waals surface area (Å²) in [6.07, 6.45) is -4.53. The first-order valence-corrected chi connectivity index (χ1v) is 6.79. The van der Waals surface area contributed by atoms with Crippen LogP contribution < -0.4 is 11.1 Å². The molecule has 118 valence electrons. The van der Waals surface area contributed by atoms with Gasteiger partial charge in [0.15, 0.2) is 5.69 Å². The Balaban J connectivity index is 2.56. The van der Waals surface area contributed by atoms with Gasteiger partial charge in [-0.2, -0.15) is 13.2 Å². The van der Waals surface area contributed by atoms with Crippen molar-refractivity contribution >= 4 is 5.95 Å². The number of anilines is 1. The summed E-state index contributed by atoms with van der Waals surface area (Å²) < 4.78 is 39.1. The quantitative estimate of drug-likeness (QED) is 0.910. The highest BCUT2D eigenvalue weighted by atomic mass is 19.4. The van der Waals surface area contributed by atoms with Crippen molar-refractivity contribution in [2.24, 2.45) is 5.73 Å². The highest BCUT2D eigenvalue weighted by Crippen LogP contribution is 2.32. The lowest BCUT2D eigenvalue weighted by molar-refractivity contribution is -0.141. The van der Waals surface area contributed by atoms with Gasteiger partial charge in [0, 0.05) is 18.7 Å². The summed E-state index contributed by atoms with van der Waals surface area (Å²) in [5, 5.41) is 2.70. The van der Waals surface area contributed by atoms with Crippen molar-refractivity contribution in [2.45, 2.75) is 20.0 Å². The van der Waals surface area contributed by atoms with Crippen molar-refractivity contribution in [1.82, 2.24) is 9.97 Å². The van der Waals surface area contributed by atoms with Crippen LogP contribution in [-0.4, -0.2) is 23.1 Å². The largest absolute Gasteiger partial charge is 0.433 e. The van der Waals surface area contributed by atoms with Crippen LogP contribution >= 0.6 is 0 Å². The van der Waals surface area contributed by atoms with E-state index in [1.165, 1.54) is 0 Å². The molecule has 7 heteroatoms. The standard InChI is InChI=1S/C15H17F3N4/c1-9-3-4-10(2)11(7-9)12-8-13(15(16,17)18)22-14(21-12)20-6-5-19/h3-4,7-8H,5-6,19H2,1-2H3,(H,20,21,22). The molecule has 0 bridgehead atoms. The van der Waals surface area contributed by atoms with Crippen molar-refractivity contribution in [2.75, 3.05) is 18.4 Å². The Morgan fingerprint density at radius 3 is 2.50 bits per heavy atom. The molecule has 0 atom stereocenters. The summed E-state index contributed by atoms with van der Waals surface area (Å²) in [6, 6.07) is 6.53. The predicted octanol–water partition coefficient (Wildman–Crippen LogP) is 3.15. The second-order valence-electron chi connectivity index (χ2n) is 4.99. The molecule has 0 aliphatic rings. The smallest absolute Gasteiger partial charge is 0.353 e. The Hall–Kier alpha value is -2.15. The average Bonchev–Trinajstić information content (AvgIpc) is 2.46. The van der Waals surface area contributed by atoms with Crippen molar-refractivity contribution in [1.29, 1.82) is 0 Å². The Morgan fingerprint density at radius 1 is 1.14 bits per heavy atom. The van der Waals surface area contributed by atoms with Gasteiger partial charge in [-0.15, -0.1) is 0 Å². The van der Waals surface area contributed by atoms with Crippen molar-refractivity contribution in [3.63, 3.8) is 0 Å². The number of hydrogen-bond donors (Lipinski definition) is 2. The number of nitrogens with one attached hydrogen (secondary N) is 1. The van der Waals surface area contributed by atoms with Crippen molar-refractivity contribution in [3.05, 3.63) is 41.1 Å². The molecular formula is C15H17F3N4. The predicted molar refractivity (Wildman–Crippen MR) is 79.5 cm³/mol. The third-order valence-corrected chi connectivity index (χ3v) is 3.11. The van der Waals surface area contributed by atoms with E-state index in [4.69, 9.17) is 5.73 Å². The zero-order chi connectivity index (χ0) is 16.3. The third-order valence-electron chi connectivity index (χ3n) is 3.11. The second-order valence-corrected chi connectivity index (χ2v) is 4.99. The molecule has 2 rings (SSSR count). The molecule has 0 aliphatic carbocycles. The zero-order valence-corrected chi connectivity index (χ0v) is 12.3. The van der Waals surface area contributed by atoms with Crippen LogP contribution in [0.25, 0.3) is 11.3 Å². The van der Waals surface area contributed by atoms with Crippen LogP contribution in [-0.2, 0) is 6.18 Å². The summed E-state index contributed by atoms with van der Waals surface area (Å²) in [4.78, 5) is 7.70. The molecule has 0 aliphatic heterocycles. The summed E-state index contributed by atoms with van der Waals surface area (Å²) in [5.41, 5.74) is 7.07. The Morgan fingerprint density at radius 2 is 1.86 bits per heavy atom. The monoisotopic (exact) mass is 310 g/mol. The maximum atomic E-state index is 13.0. The first-order chi connectivity index (χ1) is 10.3. The number of alkyl halides is 3. The van der Waals surface area contributed by atoms with E-state index < -0.39 is 11.9 Å². The lowest BCUT2D eigenvalue weighted by atomic mass is 10.0. The van der Waals surface area contributed by atoms with Gasteiger partial charge < -0.3 is 11.1 Å². The molecule has 0 spiro atoms. The minimum Gasteiger partial charge on any atom is -0.353 e. The Bertz CT molecular complexity index is 668. The lowest BCUT2D eigenvalue weighted by Gasteiger charge is -2.13. The van der Waals surface area contributed by atoms with E-state index >= 15 is 0 Å². The van der Waals surface area contributed by atoms with Gasteiger partial charge in [-0.3, -0.25) is 0 Å². The van der Waals surface area contributed by atoms with E-state index in [1.54, 1.807) is 0 Å². The maximum absolute atomic E-state index is 13.0. The molecule has 0 amide bonds. The number of benzene rings is 1. The van der Waals surface area contributed by atoms with E-state index in [0.29, 0.717) is 12.1 Å². The first-order valence-electron chi connectivity index (χ1n) is 6.79. The summed E-state index contributed by atoms with van der Waals surface area (Å²) in [5.74, 6) is -0.0730. The number of halogens is 3. The molecule has 1 heterocycles. The normalized spacial score (nSPS) is 11.5. The molecule has 0 fully saturated rings. The lowest BCUT2D eigenvalue weighted by Crippen LogP contribution is -2.17. The second kappa shape index (κ2) is 6.31. The van der Waals surface area contributed by atoms with Crippen LogP contribution in [0, 0.1) is 13.8 Å². The van der Waals surface area contributed by atoms with Crippen LogP contribution in [0.5, 0.6) is 0 Å². The van der Waals surface area contributed by atoms with Crippen LogP contribution in [0.4, 0.5) is 19.1 Å². The molecule has 0 unspecified atom stereocenters. The molecule has 2 aromatic rings. The van der Waals surface area contributed by atoms with E-state index in [0.717, 1.165) is 17.2 Å². The highest BCUT2D eigenvalue weighted by molar-refractivity contribution is 5.65. The maximum Gasteiger partial charge on any atom is 0.433 e. The molecule has 0 saturated heterocycles. The number of hydrogen-bond acceptors (Lipinski definition) is 4. The van der Waals surface area contributed by atoms with Crippen LogP contribution in [0.1, 0.15) is 16.8 Å². The molecule has 0 saturated carbocycles. The number of rotatable bonds is 4. The van der Waals surface area contributed by atoms with Crippen LogP contribution in [0.15, 0.2) is 24.3 Å². The van der Waals surface area contributed by atoms with Crippen molar-refractivity contribution < 1.29 is 13.2 Å². The van der Waals surface area contributed by atoms with Gasteiger partial charge >= 0.3 is 6.18 Å². The van der Waals surface area contributed by atoms with Gasteiger partial charge in [0.1, 0.15) is 0 Å². The summed E-state index contributed by atoms with van der Waals surface area (Å²) >= 11 is 0. The molecule has 1 aromatic heterocycles. The number of nitrogens with zero attached hydrogens (tertiary/aromatic N) is 2. The van der Waals surface area contributed by atoms with Gasteiger partial charge in [0.05, 0.1) is 5.69 Å².